The first-order chi connectivity index (χ1) is 14.9. The molecule has 8 nitrogen and oxygen atoms in total. The van der Waals surface area contributed by atoms with Gasteiger partial charge in [-0.1, -0.05) is 12.5 Å². The number of carbonyl (C=O) groups excluding carboxylic acids is 1. The van der Waals surface area contributed by atoms with E-state index in [2.05, 4.69) is 33.5 Å². The number of hydrogen-bond donors (Lipinski definition) is 1. The zero-order valence-corrected chi connectivity index (χ0v) is 17.2. The van der Waals surface area contributed by atoms with Crippen LogP contribution in [0.2, 0.25) is 0 Å². The van der Waals surface area contributed by atoms with E-state index in [0.29, 0.717) is 30.0 Å². The lowest BCUT2D eigenvalue weighted by atomic mass is 10.1. The fraction of sp³-hybridized carbons (Fsp3) is 0.273. The van der Waals surface area contributed by atoms with E-state index in [1.54, 1.807) is 11.1 Å². The zero-order valence-electron chi connectivity index (χ0n) is 17.2. The Labute approximate surface area is 178 Å². The molecule has 4 rings (SSSR count). The van der Waals surface area contributed by atoms with E-state index in [1.807, 2.05) is 11.6 Å². The van der Waals surface area contributed by atoms with Crippen molar-refractivity contribution in [1.82, 2.24) is 24.6 Å². The summed E-state index contributed by atoms with van der Waals surface area (Å²) in [5.74, 6) is 5.14. The summed E-state index contributed by atoms with van der Waals surface area (Å²) in [6, 6.07) is 1.42. The molecule has 1 aliphatic rings. The van der Waals surface area contributed by atoms with Crippen LogP contribution in [0.25, 0.3) is 10.9 Å². The van der Waals surface area contributed by atoms with E-state index in [4.69, 9.17) is 10.5 Å². The van der Waals surface area contributed by atoms with Crippen LogP contribution in [0.15, 0.2) is 31.1 Å². The van der Waals surface area contributed by atoms with Crippen LogP contribution in [0.3, 0.4) is 0 Å². The lowest BCUT2D eigenvalue weighted by Crippen LogP contribution is -2.27. The SMILES string of the molecule is C=CC(=O)N1CCC(n2nc(C#Cc3ccnc(OC)c3F)c3c(N)ncc(C)c32)C1. The quantitative estimate of drug-likeness (QED) is 0.515. The summed E-state index contributed by atoms with van der Waals surface area (Å²) < 4.78 is 21.2. The number of fused-ring (bicyclic) bond motifs is 1. The molecule has 9 heteroatoms. The highest BCUT2D eigenvalue weighted by molar-refractivity contribution is 5.95. The van der Waals surface area contributed by atoms with Gasteiger partial charge in [0.05, 0.1) is 29.6 Å². The van der Waals surface area contributed by atoms with Gasteiger partial charge in [0.1, 0.15) is 11.5 Å². The summed E-state index contributed by atoms with van der Waals surface area (Å²) >= 11 is 0. The summed E-state index contributed by atoms with van der Waals surface area (Å²) in [7, 11) is 1.34. The minimum atomic E-state index is -0.641. The molecule has 2 N–H and O–H groups in total. The lowest BCUT2D eigenvalue weighted by molar-refractivity contribution is -0.125. The van der Waals surface area contributed by atoms with Crippen molar-refractivity contribution in [3.63, 3.8) is 0 Å². The average molecular weight is 420 g/mol. The molecule has 1 atom stereocenters. The number of ether oxygens (including phenoxy) is 1. The van der Waals surface area contributed by atoms with E-state index < -0.39 is 5.82 Å². The van der Waals surface area contributed by atoms with Gasteiger partial charge in [0, 0.05) is 25.5 Å². The van der Waals surface area contributed by atoms with Crippen LogP contribution in [0, 0.1) is 24.6 Å². The fourth-order valence-electron chi connectivity index (χ4n) is 3.76. The number of hydrogen-bond acceptors (Lipinski definition) is 6. The van der Waals surface area contributed by atoms with Crippen molar-refractivity contribution in [3.8, 4) is 17.7 Å². The van der Waals surface area contributed by atoms with E-state index in [9.17, 15) is 9.18 Å². The largest absolute Gasteiger partial charge is 0.479 e. The van der Waals surface area contributed by atoms with Gasteiger partial charge in [-0.2, -0.15) is 9.49 Å². The van der Waals surface area contributed by atoms with E-state index >= 15 is 0 Å². The number of rotatable bonds is 3. The molecule has 0 saturated carbocycles. The molecule has 3 aromatic rings. The molecule has 0 bridgehead atoms. The Bertz CT molecular complexity index is 1260. The molecular weight excluding hydrogens is 399 g/mol. The standard InChI is InChI=1S/C22H21FN6O2/c1-4-17(30)28-10-8-15(12-28)29-20-13(2)11-26-21(24)18(20)16(27-29)6-5-14-7-9-25-22(31-3)19(14)23/h4,7,9,11,15H,1,8,10,12H2,2-3H3,(H2,24,26). The van der Waals surface area contributed by atoms with Crippen LogP contribution in [-0.4, -0.2) is 50.8 Å². The number of pyridine rings is 2. The number of aryl methyl sites for hydroxylation is 1. The topological polar surface area (TPSA) is 99.2 Å². The Kier molecular flexibility index (Phi) is 5.29. The number of carbonyl (C=O) groups is 1. The van der Waals surface area contributed by atoms with Crippen molar-refractivity contribution >= 4 is 22.6 Å². The summed E-state index contributed by atoms with van der Waals surface area (Å²) in [6.45, 7) is 6.59. The first kappa shape index (κ1) is 20.3. The van der Waals surface area contributed by atoms with Crippen molar-refractivity contribution in [2.75, 3.05) is 25.9 Å². The maximum absolute atomic E-state index is 14.4. The molecule has 1 fully saturated rings. The van der Waals surface area contributed by atoms with E-state index in [-0.39, 0.29) is 23.4 Å². The number of methoxy groups -OCH3 is 1. The molecule has 3 aromatic heterocycles. The third-order valence-electron chi connectivity index (χ3n) is 5.30. The van der Waals surface area contributed by atoms with Gasteiger partial charge in [0.2, 0.25) is 11.7 Å². The monoisotopic (exact) mass is 420 g/mol. The zero-order chi connectivity index (χ0) is 22.1. The number of aromatic nitrogens is 4. The molecule has 0 radical (unpaired) electrons. The maximum Gasteiger partial charge on any atom is 0.251 e. The lowest BCUT2D eigenvalue weighted by Gasteiger charge is -2.15. The third kappa shape index (κ3) is 3.57. The van der Waals surface area contributed by atoms with Crippen molar-refractivity contribution in [3.05, 3.63) is 53.8 Å². The Morgan fingerprint density at radius 2 is 2.23 bits per heavy atom. The second-order valence-corrected chi connectivity index (χ2v) is 7.21. The first-order valence-electron chi connectivity index (χ1n) is 9.69. The number of amides is 1. The highest BCUT2D eigenvalue weighted by atomic mass is 19.1. The number of nitrogen functional groups attached to an aromatic ring is 1. The van der Waals surface area contributed by atoms with Gasteiger partial charge < -0.3 is 15.4 Å². The number of nitrogens with two attached hydrogens (primary N) is 1. The minimum absolute atomic E-state index is 0.0415. The Balaban J connectivity index is 1.81. The minimum Gasteiger partial charge on any atom is -0.479 e. The second kappa shape index (κ2) is 8.07. The number of anilines is 1. The predicted octanol–water partition coefficient (Wildman–Crippen LogP) is 2.22. The molecule has 1 aliphatic heterocycles. The van der Waals surface area contributed by atoms with Gasteiger partial charge in [-0.15, -0.1) is 0 Å². The fourth-order valence-corrected chi connectivity index (χ4v) is 3.76. The second-order valence-electron chi connectivity index (χ2n) is 7.21. The van der Waals surface area contributed by atoms with Crippen molar-refractivity contribution in [2.45, 2.75) is 19.4 Å². The van der Waals surface area contributed by atoms with Crippen LogP contribution in [0.1, 0.15) is 29.3 Å². The van der Waals surface area contributed by atoms with Gasteiger partial charge in [0.25, 0.3) is 5.88 Å². The summed E-state index contributed by atoms with van der Waals surface area (Å²) in [5.41, 5.74) is 8.39. The number of likely N-dealkylation sites (tertiary alicyclic amines) is 1. The van der Waals surface area contributed by atoms with Crippen molar-refractivity contribution < 1.29 is 13.9 Å². The van der Waals surface area contributed by atoms with Crippen LogP contribution in [0.5, 0.6) is 5.88 Å². The first-order valence-corrected chi connectivity index (χ1v) is 9.69. The highest BCUT2D eigenvalue weighted by Gasteiger charge is 2.29. The molecule has 31 heavy (non-hydrogen) atoms. The molecular formula is C22H21FN6O2. The van der Waals surface area contributed by atoms with Gasteiger partial charge in [-0.3, -0.25) is 9.48 Å². The van der Waals surface area contributed by atoms with Gasteiger partial charge in [-0.05, 0) is 37.0 Å². The molecule has 4 heterocycles. The molecule has 0 aliphatic carbocycles. The average Bonchev–Trinajstić information content (AvgIpc) is 3.41. The van der Waals surface area contributed by atoms with E-state index in [1.165, 1.54) is 25.4 Å². The third-order valence-corrected chi connectivity index (χ3v) is 5.30. The molecule has 1 amide bonds. The van der Waals surface area contributed by atoms with Crippen LogP contribution in [0.4, 0.5) is 10.2 Å². The Morgan fingerprint density at radius 3 is 2.97 bits per heavy atom. The van der Waals surface area contributed by atoms with Crippen LogP contribution in [-0.2, 0) is 4.79 Å². The van der Waals surface area contributed by atoms with Gasteiger partial charge >= 0.3 is 0 Å². The Hall–Kier alpha value is -3.93. The molecule has 1 unspecified atom stereocenters. The Morgan fingerprint density at radius 1 is 1.42 bits per heavy atom. The molecule has 1 saturated heterocycles. The van der Waals surface area contributed by atoms with Crippen molar-refractivity contribution in [2.24, 2.45) is 0 Å². The van der Waals surface area contributed by atoms with E-state index in [0.717, 1.165) is 17.5 Å². The number of nitrogens with zero attached hydrogens (tertiary/aromatic N) is 5. The van der Waals surface area contributed by atoms with Crippen LogP contribution >= 0.6 is 0 Å². The summed E-state index contributed by atoms with van der Waals surface area (Å²) in [4.78, 5) is 21.8. The van der Waals surface area contributed by atoms with Gasteiger partial charge in [-0.25, -0.2) is 9.97 Å². The normalized spacial score (nSPS) is 15.6. The highest BCUT2D eigenvalue weighted by Crippen LogP contribution is 2.31. The molecule has 0 aromatic carbocycles. The summed E-state index contributed by atoms with van der Waals surface area (Å²) in [6.07, 6.45) is 5.15. The van der Waals surface area contributed by atoms with Crippen molar-refractivity contribution in [1.29, 1.82) is 0 Å². The molecule has 158 valence electrons. The number of halogens is 1. The predicted molar refractivity (Wildman–Crippen MR) is 114 cm³/mol. The smallest absolute Gasteiger partial charge is 0.251 e. The van der Waals surface area contributed by atoms with Gasteiger partial charge in [0.15, 0.2) is 0 Å². The van der Waals surface area contributed by atoms with Crippen LogP contribution < -0.4 is 10.5 Å². The summed E-state index contributed by atoms with van der Waals surface area (Å²) in [5, 5.41) is 5.30. The molecule has 0 spiro atoms. The maximum atomic E-state index is 14.4.